The molecule has 0 unspecified atom stereocenters. The van der Waals surface area contributed by atoms with E-state index in [-0.39, 0.29) is 22.2 Å². The highest BCUT2D eigenvalue weighted by molar-refractivity contribution is 6.32. The number of rotatable bonds is 5. The summed E-state index contributed by atoms with van der Waals surface area (Å²) < 4.78 is 0. The molecule has 20 heavy (non-hydrogen) atoms. The summed E-state index contributed by atoms with van der Waals surface area (Å²) in [5.74, 6) is -0.316. The third-order valence-corrected chi connectivity index (χ3v) is 3.59. The molecule has 0 bridgehead atoms. The van der Waals surface area contributed by atoms with Gasteiger partial charge in [0.1, 0.15) is 5.02 Å². The first-order valence-electron chi connectivity index (χ1n) is 6.48. The predicted octanol–water partition coefficient (Wildman–Crippen LogP) is 3.48. The molecular weight excluding hydrogens is 280 g/mol. The normalized spacial score (nSPS) is 13.9. The van der Waals surface area contributed by atoms with Crippen LogP contribution in [0, 0.1) is 10.1 Å². The predicted molar refractivity (Wildman–Crippen MR) is 77.0 cm³/mol. The second kappa shape index (κ2) is 6.52. The van der Waals surface area contributed by atoms with Crippen molar-refractivity contribution < 1.29 is 9.72 Å². The summed E-state index contributed by atoms with van der Waals surface area (Å²) in [7, 11) is 0. The van der Waals surface area contributed by atoms with Gasteiger partial charge in [0.05, 0.1) is 4.92 Å². The number of hydrogen-bond acceptors (Lipinski definition) is 3. The molecule has 2 rings (SSSR count). The number of amides is 1. The molecule has 0 aliphatic heterocycles. The summed E-state index contributed by atoms with van der Waals surface area (Å²) in [4.78, 5) is 22.1. The van der Waals surface area contributed by atoms with Crippen LogP contribution in [0.3, 0.4) is 0 Å². The lowest BCUT2D eigenvalue weighted by Crippen LogP contribution is -2.24. The van der Waals surface area contributed by atoms with Crippen molar-refractivity contribution >= 4 is 23.2 Å². The van der Waals surface area contributed by atoms with Crippen molar-refractivity contribution in [3.05, 3.63) is 50.5 Å². The maximum Gasteiger partial charge on any atom is 0.288 e. The van der Waals surface area contributed by atoms with Gasteiger partial charge >= 0.3 is 0 Å². The van der Waals surface area contributed by atoms with Gasteiger partial charge < -0.3 is 5.32 Å². The van der Waals surface area contributed by atoms with Crippen molar-refractivity contribution in [1.82, 2.24) is 5.32 Å². The first kappa shape index (κ1) is 14.5. The van der Waals surface area contributed by atoms with E-state index in [1.165, 1.54) is 30.2 Å². The summed E-state index contributed by atoms with van der Waals surface area (Å²) in [6.07, 6.45) is 6.45. The number of benzene rings is 1. The molecule has 1 N–H and O–H groups in total. The molecule has 0 saturated heterocycles. The van der Waals surface area contributed by atoms with E-state index in [4.69, 9.17) is 11.6 Å². The first-order valence-corrected chi connectivity index (χ1v) is 6.86. The van der Waals surface area contributed by atoms with Gasteiger partial charge in [-0.05, 0) is 37.8 Å². The quantitative estimate of drug-likeness (QED) is 0.513. The van der Waals surface area contributed by atoms with Crippen LogP contribution in [0.5, 0.6) is 0 Å². The summed E-state index contributed by atoms with van der Waals surface area (Å²) in [5.41, 5.74) is 1.37. The van der Waals surface area contributed by atoms with Crippen molar-refractivity contribution in [3.63, 3.8) is 0 Å². The molecule has 1 amide bonds. The van der Waals surface area contributed by atoms with E-state index in [2.05, 4.69) is 11.4 Å². The van der Waals surface area contributed by atoms with Crippen LogP contribution in [-0.2, 0) is 0 Å². The molecule has 0 atom stereocenters. The monoisotopic (exact) mass is 294 g/mol. The molecule has 0 fully saturated rings. The number of carbonyl (C=O) groups is 1. The van der Waals surface area contributed by atoms with E-state index >= 15 is 0 Å². The maximum absolute atomic E-state index is 11.9. The number of carbonyl (C=O) groups excluding carboxylic acids is 1. The molecule has 6 heteroatoms. The Morgan fingerprint density at radius 1 is 1.45 bits per heavy atom. The average Bonchev–Trinajstić information content (AvgIpc) is 2.92. The van der Waals surface area contributed by atoms with Crippen molar-refractivity contribution in [1.29, 1.82) is 0 Å². The minimum Gasteiger partial charge on any atom is -0.352 e. The smallest absolute Gasteiger partial charge is 0.288 e. The molecule has 1 aromatic rings. The standard InChI is InChI=1S/C14H15ClN2O3/c15-12-6-5-11(9-13(12)17(19)20)14(18)16-8-7-10-3-1-2-4-10/h3,5-6,9H,1-2,4,7-8H2,(H,16,18). The largest absolute Gasteiger partial charge is 0.352 e. The maximum atomic E-state index is 11.9. The first-order chi connectivity index (χ1) is 9.58. The van der Waals surface area contributed by atoms with Crippen LogP contribution in [0.4, 0.5) is 5.69 Å². The van der Waals surface area contributed by atoms with Crippen LogP contribution < -0.4 is 5.32 Å². The van der Waals surface area contributed by atoms with Gasteiger partial charge in [-0.1, -0.05) is 23.3 Å². The molecule has 5 nitrogen and oxygen atoms in total. The van der Waals surface area contributed by atoms with E-state index in [1.807, 2.05) is 0 Å². The molecule has 1 aliphatic carbocycles. The zero-order valence-corrected chi connectivity index (χ0v) is 11.7. The van der Waals surface area contributed by atoms with Crippen molar-refractivity contribution in [2.45, 2.75) is 25.7 Å². The molecule has 0 aromatic heterocycles. The molecule has 0 radical (unpaired) electrons. The van der Waals surface area contributed by atoms with Crippen molar-refractivity contribution in [3.8, 4) is 0 Å². The van der Waals surface area contributed by atoms with E-state index in [0.717, 1.165) is 19.3 Å². The number of nitrogens with zero attached hydrogens (tertiary/aromatic N) is 1. The fraction of sp³-hybridized carbons (Fsp3) is 0.357. The molecule has 1 aliphatic rings. The number of nitro groups is 1. The zero-order chi connectivity index (χ0) is 14.5. The van der Waals surface area contributed by atoms with Gasteiger partial charge in [0, 0.05) is 18.2 Å². The average molecular weight is 295 g/mol. The van der Waals surface area contributed by atoms with Gasteiger partial charge in [-0.2, -0.15) is 0 Å². The van der Waals surface area contributed by atoms with E-state index in [9.17, 15) is 14.9 Å². The lowest BCUT2D eigenvalue weighted by Gasteiger charge is -2.06. The highest BCUT2D eigenvalue weighted by atomic mass is 35.5. The summed E-state index contributed by atoms with van der Waals surface area (Å²) in [6.45, 7) is 0.543. The Morgan fingerprint density at radius 3 is 2.90 bits per heavy atom. The number of halogens is 1. The second-order valence-electron chi connectivity index (χ2n) is 4.68. The molecule has 1 aromatic carbocycles. The fourth-order valence-electron chi connectivity index (χ4n) is 2.20. The lowest BCUT2D eigenvalue weighted by atomic mass is 10.1. The molecule has 0 spiro atoms. The number of nitrogens with one attached hydrogen (secondary N) is 1. The molecular formula is C14H15ClN2O3. The van der Waals surface area contributed by atoms with Crippen LogP contribution in [0.2, 0.25) is 5.02 Å². The van der Waals surface area contributed by atoms with E-state index in [0.29, 0.717) is 6.54 Å². The minimum atomic E-state index is -0.595. The zero-order valence-electron chi connectivity index (χ0n) is 10.9. The Labute approximate surface area is 121 Å². The van der Waals surface area contributed by atoms with Crippen LogP contribution >= 0.6 is 11.6 Å². The van der Waals surface area contributed by atoms with Crippen molar-refractivity contribution in [2.75, 3.05) is 6.54 Å². The molecule has 106 valence electrons. The number of allylic oxidation sites excluding steroid dienone is 1. The van der Waals surface area contributed by atoms with Gasteiger partial charge in [0.15, 0.2) is 0 Å². The number of nitro benzene ring substituents is 1. The van der Waals surface area contributed by atoms with E-state index in [1.54, 1.807) is 0 Å². The van der Waals surface area contributed by atoms with Gasteiger partial charge in [-0.15, -0.1) is 0 Å². The van der Waals surface area contributed by atoms with Gasteiger partial charge in [-0.3, -0.25) is 14.9 Å². The van der Waals surface area contributed by atoms with Crippen LogP contribution in [0.25, 0.3) is 0 Å². The Bertz CT molecular complexity index is 570. The third kappa shape index (κ3) is 3.57. The molecule has 0 saturated carbocycles. The van der Waals surface area contributed by atoms with Gasteiger partial charge in [0.2, 0.25) is 0 Å². The fourth-order valence-corrected chi connectivity index (χ4v) is 2.38. The Balaban J connectivity index is 1.95. The van der Waals surface area contributed by atoms with Crippen LogP contribution in [0.15, 0.2) is 29.8 Å². The Morgan fingerprint density at radius 2 is 2.25 bits per heavy atom. The third-order valence-electron chi connectivity index (χ3n) is 3.27. The van der Waals surface area contributed by atoms with Gasteiger partial charge in [0.25, 0.3) is 11.6 Å². The highest BCUT2D eigenvalue weighted by Gasteiger charge is 2.16. The highest BCUT2D eigenvalue weighted by Crippen LogP contribution is 2.25. The molecule has 0 heterocycles. The summed E-state index contributed by atoms with van der Waals surface area (Å²) in [6, 6.07) is 4.06. The Hall–Kier alpha value is -1.88. The van der Waals surface area contributed by atoms with Crippen molar-refractivity contribution in [2.24, 2.45) is 0 Å². The van der Waals surface area contributed by atoms with Gasteiger partial charge in [-0.25, -0.2) is 0 Å². The lowest BCUT2D eigenvalue weighted by molar-refractivity contribution is -0.384. The summed E-state index contributed by atoms with van der Waals surface area (Å²) >= 11 is 5.71. The number of hydrogen-bond donors (Lipinski definition) is 1. The SMILES string of the molecule is O=C(NCCC1=CCCC1)c1ccc(Cl)c([N+](=O)[O-])c1. The minimum absolute atomic E-state index is 0.0302. The van der Waals surface area contributed by atoms with Crippen LogP contribution in [0.1, 0.15) is 36.0 Å². The summed E-state index contributed by atoms with van der Waals surface area (Å²) in [5, 5.41) is 13.6. The van der Waals surface area contributed by atoms with E-state index < -0.39 is 4.92 Å². The second-order valence-corrected chi connectivity index (χ2v) is 5.09. The topological polar surface area (TPSA) is 72.2 Å². The Kier molecular flexibility index (Phi) is 4.74. The van der Waals surface area contributed by atoms with Crippen LogP contribution in [-0.4, -0.2) is 17.4 Å².